The number of ether oxygens (including phenoxy) is 1. The van der Waals surface area contributed by atoms with E-state index in [1.807, 2.05) is 11.8 Å². The van der Waals surface area contributed by atoms with Gasteiger partial charge in [-0.1, -0.05) is 25.6 Å². The summed E-state index contributed by atoms with van der Waals surface area (Å²) in [7, 11) is 0. The Kier molecular flexibility index (Phi) is 7.08. The summed E-state index contributed by atoms with van der Waals surface area (Å²) in [5.74, 6) is 0.828. The number of thiophene rings is 1. The average molecular weight is 464 g/mol. The molecule has 1 amide bonds. The summed E-state index contributed by atoms with van der Waals surface area (Å²) < 4.78 is 7.60. The van der Waals surface area contributed by atoms with Crippen LogP contribution in [0.2, 0.25) is 0 Å². The van der Waals surface area contributed by atoms with Gasteiger partial charge < -0.3 is 9.64 Å². The van der Waals surface area contributed by atoms with Crippen molar-refractivity contribution in [3.63, 3.8) is 0 Å². The van der Waals surface area contributed by atoms with E-state index in [0.29, 0.717) is 17.6 Å². The van der Waals surface area contributed by atoms with Crippen molar-refractivity contribution in [2.24, 2.45) is 5.92 Å². The molecular weight excluding hydrogens is 430 g/mol. The first-order chi connectivity index (χ1) is 14.9. The smallest absolute Gasteiger partial charge is 0.263 e. The monoisotopic (exact) mass is 463 g/mol. The summed E-state index contributed by atoms with van der Waals surface area (Å²) in [6, 6.07) is 0. The number of thioether (sulfide) groups is 1. The number of hydrogen-bond acceptors (Lipinski definition) is 6. The third kappa shape index (κ3) is 4.71. The summed E-state index contributed by atoms with van der Waals surface area (Å²) in [6.07, 6.45) is 4.96. The van der Waals surface area contributed by atoms with E-state index in [1.165, 1.54) is 11.8 Å². The summed E-state index contributed by atoms with van der Waals surface area (Å²) in [6.45, 7) is 11.2. The van der Waals surface area contributed by atoms with E-state index in [9.17, 15) is 9.59 Å². The Bertz CT molecular complexity index is 1000. The van der Waals surface area contributed by atoms with E-state index >= 15 is 0 Å². The zero-order valence-electron chi connectivity index (χ0n) is 19.0. The maximum absolute atomic E-state index is 13.6. The first-order valence-corrected chi connectivity index (χ1v) is 13.2. The Morgan fingerprint density at radius 1 is 1.32 bits per heavy atom. The van der Waals surface area contributed by atoms with Crippen molar-refractivity contribution in [3.8, 4) is 0 Å². The van der Waals surface area contributed by atoms with Gasteiger partial charge in [-0.2, -0.15) is 0 Å². The number of fused-ring (bicyclic) bond motifs is 1. The predicted molar refractivity (Wildman–Crippen MR) is 127 cm³/mol. The maximum atomic E-state index is 13.6. The van der Waals surface area contributed by atoms with Crippen molar-refractivity contribution in [1.29, 1.82) is 0 Å². The van der Waals surface area contributed by atoms with Gasteiger partial charge in [0.05, 0.1) is 23.3 Å². The largest absolute Gasteiger partial charge is 0.376 e. The van der Waals surface area contributed by atoms with Gasteiger partial charge in [-0.25, -0.2) is 4.98 Å². The standard InChI is InChI=1S/C23H33N3O3S2/c1-5-18-15(3)30-20-19(18)22(28)26(13-17-7-6-12-29-17)23(24-20)31-16(4)21(27)25-10-8-14(2)9-11-25/h14,16-17H,5-13H2,1-4H3/t16-,17+/m1/s1. The second-order valence-corrected chi connectivity index (χ2v) is 11.4. The molecular formula is C23H33N3O3S2. The molecule has 4 heterocycles. The highest BCUT2D eigenvalue weighted by molar-refractivity contribution is 8.00. The van der Waals surface area contributed by atoms with Gasteiger partial charge in [0.15, 0.2) is 5.16 Å². The number of amides is 1. The van der Waals surface area contributed by atoms with Crippen LogP contribution in [0.15, 0.2) is 9.95 Å². The van der Waals surface area contributed by atoms with Gasteiger partial charge >= 0.3 is 0 Å². The number of carbonyl (C=O) groups excluding carboxylic acids is 1. The lowest BCUT2D eigenvalue weighted by atomic mass is 9.99. The van der Waals surface area contributed by atoms with E-state index in [0.717, 1.165) is 72.5 Å². The Morgan fingerprint density at radius 2 is 2.06 bits per heavy atom. The van der Waals surface area contributed by atoms with Gasteiger partial charge in [0.1, 0.15) is 4.83 Å². The number of carbonyl (C=O) groups is 1. The summed E-state index contributed by atoms with van der Waals surface area (Å²) >= 11 is 3.00. The lowest BCUT2D eigenvalue weighted by Crippen LogP contribution is -2.42. The maximum Gasteiger partial charge on any atom is 0.263 e. The van der Waals surface area contributed by atoms with Crippen molar-refractivity contribution >= 4 is 39.2 Å². The van der Waals surface area contributed by atoms with Crippen LogP contribution < -0.4 is 5.56 Å². The average Bonchev–Trinajstić information content (AvgIpc) is 3.37. The van der Waals surface area contributed by atoms with Crippen LogP contribution in [0.4, 0.5) is 0 Å². The molecule has 2 atom stereocenters. The van der Waals surface area contributed by atoms with Crippen LogP contribution in [0.1, 0.15) is 56.9 Å². The fourth-order valence-electron chi connectivity index (χ4n) is 4.59. The van der Waals surface area contributed by atoms with Crippen LogP contribution >= 0.6 is 23.1 Å². The van der Waals surface area contributed by atoms with Crippen molar-refractivity contribution in [2.75, 3.05) is 19.7 Å². The molecule has 0 N–H and O–H groups in total. The summed E-state index contributed by atoms with van der Waals surface area (Å²) in [4.78, 5) is 35.5. The minimum absolute atomic E-state index is 0.00986. The highest BCUT2D eigenvalue weighted by atomic mass is 32.2. The number of aromatic nitrogens is 2. The number of nitrogens with zero attached hydrogens (tertiary/aromatic N) is 3. The lowest BCUT2D eigenvalue weighted by Gasteiger charge is -2.32. The Labute approximate surface area is 192 Å². The van der Waals surface area contributed by atoms with Crippen molar-refractivity contribution in [3.05, 3.63) is 20.8 Å². The first-order valence-electron chi connectivity index (χ1n) is 11.5. The molecule has 0 aliphatic carbocycles. The molecule has 0 spiro atoms. The van der Waals surface area contributed by atoms with Crippen LogP contribution in [0.25, 0.3) is 10.2 Å². The van der Waals surface area contributed by atoms with Crippen LogP contribution in [-0.4, -0.2) is 51.4 Å². The molecule has 2 saturated heterocycles. The number of rotatable bonds is 6. The van der Waals surface area contributed by atoms with E-state index in [-0.39, 0.29) is 22.8 Å². The molecule has 8 heteroatoms. The quantitative estimate of drug-likeness (QED) is 0.473. The molecule has 0 bridgehead atoms. The topological polar surface area (TPSA) is 64.4 Å². The van der Waals surface area contributed by atoms with Gasteiger partial charge in [0, 0.05) is 24.6 Å². The number of aryl methyl sites for hydroxylation is 2. The SMILES string of the molecule is CCc1c(C)sc2nc(S[C@H](C)C(=O)N3CCC(C)CC3)n(C[C@@H]3CCCO3)c(=O)c12. The molecule has 170 valence electrons. The normalized spacial score (nSPS) is 21.2. The fourth-order valence-corrected chi connectivity index (χ4v) is 6.75. The van der Waals surface area contributed by atoms with Crippen LogP contribution in [0.5, 0.6) is 0 Å². The Balaban J connectivity index is 1.66. The molecule has 2 aliphatic rings. The Morgan fingerprint density at radius 3 is 2.71 bits per heavy atom. The van der Waals surface area contributed by atoms with E-state index in [1.54, 1.807) is 15.9 Å². The molecule has 4 rings (SSSR count). The Hall–Kier alpha value is -1.38. The summed E-state index contributed by atoms with van der Waals surface area (Å²) in [5.41, 5.74) is 1.11. The molecule has 2 aromatic heterocycles. The second kappa shape index (κ2) is 9.63. The molecule has 0 aromatic carbocycles. The third-order valence-electron chi connectivity index (χ3n) is 6.57. The second-order valence-electron chi connectivity index (χ2n) is 8.88. The molecule has 31 heavy (non-hydrogen) atoms. The first kappa shape index (κ1) is 22.8. The number of likely N-dealkylation sites (tertiary alicyclic amines) is 1. The van der Waals surface area contributed by atoms with Crippen LogP contribution in [-0.2, 0) is 22.5 Å². The molecule has 0 saturated carbocycles. The minimum atomic E-state index is -0.278. The van der Waals surface area contributed by atoms with Crippen molar-refractivity contribution in [1.82, 2.24) is 14.5 Å². The number of piperidine rings is 1. The molecule has 2 aliphatic heterocycles. The van der Waals surface area contributed by atoms with Crippen molar-refractivity contribution in [2.45, 2.75) is 82.9 Å². The van der Waals surface area contributed by atoms with Gasteiger partial charge in [-0.05, 0) is 57.4 Å². The lowest BCUT2D eigenvalue weighted by molar-refractivity contribution is -0.131. The van der Waals surface area contributed by atoms with E-state index in [4.69, 9.17) is 9.72 Å². The van der Waals surface area contributed by atoms with Crippen molar-refractivity contribution < 1.29 is 9.53 Å². The van der Waals surface area contributed by atoms with Gasteiger partial charge in [-0.15, -0.1) is 11.3 Å². The zero-order valence-corrected chi connectivity index (χ0v) is 20.6. The zero-order chi connectivity index (χ0) is 22.1. The molecule has 2 aromatic rings. The molecule has 6 nitrogen and oxygen atoms in total. The van der Waals surface area contributed by atoms with E-state index in [2.05, 4.69) is 20.8 Å². The molecule has 0 unspecified atom stereocenters. The van der Waals surface area contributed by atoms with Gasteiger partial charge in [-0.3, -0.25) is 14.2 Å². The molecule has 0 radical (unpaired) electrons. The van der Waals surface area contributed by atoms with Gasteiger partial charge in [0.2, 0.25) is 5.91 Å². The third-order valence-corrected chi connectivity index (χ3v) is 8.69. The molecule has 2 fully saturated rings. The van der Waals surface area contributed by atoms with E-state index < -0.39 is 0 Å². The van der Waals surface area contributed by atoms with Gasteiger partial charge in [0.25, 0.3) is 5.56 Å². The highest BCUT2D eigenvalue weighted by Gasteiger charge is 2.28. The fraction of sp³-hybridized carbons (Fsp3) is 0.696. The predicted octanol–water partition coefficient (Wildman–Crippen LogP) is 4.25. The minimum Gasteiger partial charge on any atom is -0.376 e. The highest BCUT2D eigenvalue weighted by Crippen LogP contribution is 2.32. The van der Waals surface area contributed by atoms with Crippen LogP contribution in [0, 0.1) is 12.8 Å². The van der Waals surface area contributed by atoms with Crippen LogP contribution in [0.3, 0.4) is 0 Å². The number of hydrogen-bond donors (Lipinski definition) is 0. The summed E-state index contributed by atoms with van der Waals surface area (Å²) in [5, 5.41) is 1.11.